The van der Waals surface area contributed by atoms with E-state index in [1.165, 1.54) is 43.5 Å². The Morgan fingerprint density at radius 2 is 1.65 bits per heavy atom. The van der Waals surface area contributed by atoms with Crippen LogP contribution >= 0.6 is 0 Å². The van der Waals surface area contributed by atoms with E-state index in [1.54, 1.807) is 30.3 Å². The van der Waals surface area contributed by atoms with Gasteiger partial charge in [0.1, 0.15) is 0 Å². The fraction of sp³-hybridized carbons (Fsp3) is 0.208. The number of rotatable bonds is 10. The number of nitrogens with one attached hydrogen (secondary N) is 2. The average Bonchev–Trinajstić information content (AvgIpc) is 2.80. The van der Waals surface area contributed by atoms with Crippen molar-refractivity contribution in [2.24, 2.45) is 0 Å². The second-order valence-electron chi connectivity index (χ2n) is 7.37. The van der Waals surface area contributed by atoms with Crippen LogP contribution in [0.3, 0.4) is 0 Å². The average molecular weight is 491 g/mol. The minimum absolute atomic E-state index is 0.0226. The van der Waals surface area contributed by atoms with E-state index >= 15 is 0 Å². The van der Waals surface area contributed by atoms with Crippen molar-refractivity contribution in [2.75, 3.05) is 18.4 Å². The van der Waals surface area contributed by atoms with Crippen molar-refractivity contribution in [2.45, 2.75) is 24.9 Å². The number of hydrogen-bond acceptors (Lipinski definition) is 5. The van der Waals surface area contributed by atoms with Crippen molar-refractivity contribution in [3.8, 4) is 11.5 Å². The van der Waals surface area contributed by atoms with Gasteiger partial charge in [0.15, 0.2) is 11.5 Å². The smallest absolute Gasteiger partial charge is 0.387 e. The van der Waals surface area contributed by atoms with E-state index in [9.17, 15) is 22.0 Å². The van der Waals surface area contributed by atoms with Gasteiger partial charge in [0.25, 0.3) is 15.9 Å². The summed E-state index contributed by atoms with van der Waals surface area (Å²) in [5.41, 5.74) is 2.39. The van der Waals surface area contributed by atoms with Crippen molar-refractivity contribution in [3.05, 3.63) is 83.4 Å². The SMILES string of the molecule is COc1ccc(CCNC(=O)c2ccc(S(=O)(=O)Nc3ccc(C)cc3)cc2)cc1OC(F)F. The van der Waals surface area contributed by atoms with Gasteiger partial charge in [-0.3, -0.25) is 9.52 Å². The predicted octanol–water partition coefficient (Wildman–Crippen LogP) is 4.38. The molecule has 0 aliphatic carbocycles. The van der Waals surface area contributed by atoms with Crippen LogP contribution in [0.5, 0.6) is 11.5 Å². The summed E-state index contributed by atoms with van der Waals surface area (Å²) >= 11 is 0. The third kappa shape index (κ3) is 6.67. The molecule has 3 aromatic rings. The van der Waals surface area contributed by atoms with E-state index in [0.717, 1.165) is 5.56 Å². The van der Waals surface area contributed by atoms with E-state index < -0.39 is 22.5 Å². The van der Waals surface area contributed by atoms with Gasteiger partial charge in [0.05, 0.1) is 12.0 Å². The van der Waals surface area contributed by atoms with Crippen LogP contribution in [-0.2, 0) is 16.4 Å². The number of ether oxygens (including phenoxy) is 2. The summed E-state index contributed by atoms with van der Waals surface area (Å²) in [5.74, 6) is -0.301. The van der Waals surface area contributed by atoms with Crippen LogP contribution < -0.4 is 19.5 Å². The van der Waals surface area contributed by atoms with Gasteiger partial charge in [-0.1, -0.05) is 23.8 Å². The Kier molecular flexibility index (Phi) is 8.06. The first-order chi connectivity index (χ1) is 16.2. The van der Waals surface area contributed by atoms with Gasteiger partial charge in [0, 0.05) is 17.8 Å². The summed E-state index contributed by atoms with van der Waals surface area (Å²) in [6, 6.07) is 17.1. The Bertz CT molecular complexity index is 1230. The molecule has 3 aromatic carbocycles. The fourth-order valence-corrected chi connectivity index (χ4v) is 4.17. The maximum atomic E-state index is 12.6. The monoisotopic (exact) mass is 490 g/mol. The van der Waals surface area contributed by atoms with Crippen molar-refractivity contribution >= 4 is 21.6 Å². The maximum Gasteiger partial charge on any atom is 0.387 e. The summed E-state index contributed by atoms with van der Waals surface area (Å²) in [4.78, 5) is 12.4. The van der Waals surface area contributed by atoms with Gasteiger partial charge in [-0.2, -0.15) is 8.78 Å². The molecular weight excluding hydrogens is 466 g/mol. The third-order valence-electron chi connectivity index (χ3n) is 4.87. The largest absolute Gasteiger partial charge is 0.493 e. The number of carbonyl (C=O) groups is 1. The third-order valence-corrected chi connectivity index (χ3v) is 6.27. The molecule has 0 spiro atoms. The molecule has 0 saturated carbocycles. The lowest BCUT2D eigenvalue weighted by Gasteiger charge is -2.12. The quantitative estimate of drug-likeness (QED) is 0.440. The molecule has 0 saturated heterocycles. The van der Waals surface area contributed by atoms with Gasteiger partial charge >= 0.3 is 6.61 Å². The van der Waals surface area contributed by atoms with E-state index in [0.29, 0.717) is 17.7 Å². The van der Waals surface area contributed by atoms with Gasteiger partial charge in [-0.25, -0.2) is 8.42 Å². The van der Waals surface area contributed by atoms with Crippen LogP contribution in [0.15, 0.2) is 71.6 Å². The van der Waals surface area contributed by atoms with Crippen LogP contribution in [0, 0.1) is 6.92 Å². The summed E-state index contributed by atoms with van der Waals surface area (Å²) in [6.07, 6.45) is 0.363. The minimum Gasteiger partial charge on any atom is -0.493 e. The van der Waals surface area contributed by atoms with Crippen LogP contribution in [0.4, 0.5) is 14.5 Å². The molecule has 0 radical (unpaired) electrons. The van der Waals surface area contributed by atoms with E-state index in [-0.39, 0.29) is 28.5 Å². The molecule has 0 atom stereocenters. The predicted molar refractivity (Wildman–Crippen MR) is 124 cm³/mol. The normalized spacial score (nSPS) is 11.2. The molecular formula is C24H24F2N2O5S. The topological polar surface area (TPSA) is 93.7 Å². The van der Waals surface area contributed by atoms with E-state index in [4.69, 9.17) is 4.74 Å². The van der Waals surface area contributed by atoms with Crippen LogP contribution in [0.25, 0.3) is 0 Å². The maximum absolute atomic E-state index is 12.6. The van der Waals surface area contributed by atoms with Crippen molar-refractivity contribution in [1.82, 2.24) is 5.32 Å². The number of carbonyl (C=O) groups excluding carboxylic acids is 1. The van der Waals surface area contributed by atoms with Gasteiger partial charge < -0.3 is 14.8 Å². The molecule has 0 heterocycles. The first-order valence-corrected chi connectivity index (χ1v) is 11.8. The number of methoxy groups -OCH3 is 1. The Balaban J connectivity index is 1.58. The van der Waals surface area contributed by atoms with Crippen molar-refractivity contribution < 1.29 is 31.5 Å². The molecule has 0 aromatic heterocycles. The second kappa shape index (κ2) is 11.0. The van der Waals surface area contributed by atoms with Crippen molar-refractivity contribution in [3.63, 3.8) is 0 Å². The highest BCUT2D eigenvalue weighted by Crippen LogP contribution is 2.29. The van der Waals surface area contributed by atoms with E-state index in [1.807, 2.05) is 6.92 Å². The van der Waals surface area contributed by atoms with Crippen LogP contribution in [0.1, 0.15) is 21.5 Å². The van der Waals surface area contributed by atoms with Gasteiger partial charge in [-0.05, 0) is 67.4 Å². The highest BCUT2D eigenvalue weighted by atomic mass is 32.2. The number of halogens is 2. The number of alkyl halides is 2. The fourth-order valence-electron chi connectivity index (χ4n) is 3.11. The first-order valence-electron chi connectivity index (χ1n) is 10.3. The summed E-state index contributed by atoms with van der Waals surface area (Å²) < 4.78 is 62.2. The Hall–Kier alpha value is -3.66. The standard InChI is InChI=1S/C24H24F2N2O5S/c1-16-3-8-19(9-4-16)28-34(30,31)20-10-6-18(7-11-20)23(29)27-14-13-17-5-12-21(32-2)22(15-17)33-24(25)26/h3-12,15,24,28H,13-14H2,1-2H3,(H,27,29). The lowest BCUT2D eigenvalue weighted by atomic mass is 10.1. The molecule has 0 aliphatic rings. The zero-order chi connectivity index (χ0) is 24.7. The Morgan fingerprint density at radius 3 is 2.26 bits per heavy atom. The molecule has 7 nitrogen and oxygen atoms in total. The number of sulfonamides is 1. The molecule has 0 fully saturated rings. The second-order valence-corrected chi connectivity index (χ2v) is 9.05. The summed E-state index contributed by atoms with van der Waals surface area (Å²) in [5, 5.41) is 2.72. The molecule has 0 unspecified atom stereocenters. The minimum atomic E-state index is -3.80. The number of benzene rings is 3. The van der Waals surface area contributed by atoms with Gasteiger partial charge in [-0.15, -0.1) is 0 Å². The van der Waals surface area contributed by atoms with Crippen molar-refractivity contribution in [1.29, 1.82) is 0 Å². The Morgan fingerprint density at radius 1 is 0.971 bits per heavy atom. The van der Waals surface area contributed by atoms with Crippen LogP contribution in [0.2, 0.25) is 0 Å². The number of amides is 1. The molecule has 0 bridgehead atoms. The summed E-state index contributed by atoms with van der Waals surface area (Å²) in [6.45, 7) is -0.852. The number of anilines is 1. The number of hydrogen-bond donors (Lipinski definition) is 2. The molecule has 2 N–H and O–H groups in total. The number of aryl methyl sites for hydroxylation is 1. The molecule has 0 aliphatic heterocycles. The lowest BCUT2D eigenvalue weighted by molar-refractivity contribution is -0.0512. The zero-order valence-electron chi connectivity index (χ0n) is 18.5. The Labute approximate surface area is 196 Å². The first kappa shape index (κ1) is 25.0. The molecule has 34 heavy (non-hydrogen) atoms. The van der Waals surface area contributed by atoms with Crippen LogP contribution in [-0.4, -0.2) is 34.6 Å². The molecule has 180 valence electrons. The highest BCUT2D eigenvalue weighted by Gasteiger charge is 2.16. The molecule has 3 rings (SSSR count). The van der Waals surface area contributed by atoms with E-state index in [2.05, 4.69) is 14.8 Å². The summed E-state index contributed by atoms with van der Waals surface area (Å²) in [7, 11) is -2.45. The lowest BCUT2D eigenvalue weighted by Crippen LogP contribution is -2.25. The zero-order valence-corrected chi connectivity index (χ0v) is 19.4. The van der Waals surface area contributed by atoms with Gasteiger partial charge in [0.2, 0.25) is 0 Å². The molecule has 10 heteroatoms. The highest BCUT2D eigenvalue weighted by molar-refractivity contribution is 7.92. The molecule has 1 amide bonds.